The minimum absolute atomic E-state index is 0.0103. The van der Waals surface area contributed by atoms with Gasteiger partial charge in [0.25, 0.3) is 5.91 Å². The Hall–Kier alpha value is -2.84. The monoisotopic (exact) mass is 384 g/mol. The molecule has 9 heteroatoms. The summed E-state index contributed by atoms with van der Waals surface area (Å²) >= 11 is 0. The molecule has 4 rings (SSSR count). The van der Waals surface area contributed by atoms with Gasteiger partial charge in [0.15, 0.2) is 5.82 Å². The highest BCUT2D eigenvalue weighted by Crippen LogP contribution is 2.38. The van der Waals surface area contributed by atoms with Crippen molar-refractivity contribution in [3.05, 3.63) is 35.5 Å². The van der Waals surface area contributed by atoms with Crippen LogP contribution in [0.15, 0.2) is 16.9 Å². The minimum atomic E-state index is -0.0988. The van der Waals surface area contributed by atoms with Crippen molar-refractivity contribution in [1.29, 1.82) is 0 Å². The number of carbonyl (C=O) groups is 2. The van der Waals surface area contributed by atoms with Crippen LogP contribution in [0, 0.1) is 6.92 Å². The second-order valence-corrected chi connectivity index (χ2v) is 7.50. The molecule has 1 unspecified atom stereocenters. The SMILES string of the molecule is CC(=O)N(CCc1noc(C2CC2)n1)C1CCN(C(=O)c2cnc(C)nc2)C1. The average Bonchev–Trinajstić information content (AvgIpc) is 3.23. The number of rotatable bonds is 6. The van der Waals surface area contributed by atoms with Crippen LogP contribution in [0.3, 0.4) is 0 Å². The topological polar surface area (TPSA) is 105 Å². The summed E-state index contributed by atoms with van der Waals surface area (Å²) in [6.45, 7) is 4.97. The molecule has 9 nitrogen and oxygen atoms in total. The summed E-state index contributed by atoms with van der Waals surface area (Å²) in [7, 11) is 0. The lowest BCUT2D eigenvalue weighted by Gasteiger charge is -2.27. The fraction of sp³-hybridized carbons (Fsp3) is 0.579. The van der Waals surface area contributed by atoms with Crippen molar-refractivity contribution in [2.75, 3.05) is 19.6 Å². The summed E-state index contributed by atoms with van der Waals surface area (Å²) in [4.78, 5) is 41.0. The fourth-order valence-electron chi connectivity index (χ4n) is 3.55. The molecule has 0 N–H and O–H groups in total. The van der Waals surface area contributed by atoms with Gasteiger partial charge in [0, 0.05) is 51.3 Å². The van der Waals surface area contributed by atoms with Crippen molar-refractivity contribution in [2.45, 2.75) is 51.5 Å². The van der Waals surface area contributed by atoms with E-state index in [2.05, 4.69) is 20.1 Å². The van der Waals surface area contributed by atoms with Crippen LogP contribution >= 0.6 is 0 Å². The second kappa shape index (κ2) is 7.65. The standard InChI is InChI=1S/C19H24N6O3/c1-12-20-9-15(10-21-12)19(27)24-7-5-16(11-24)25(13(2)26)8-6-17-22-18(28-23-17)14-3-4-14/h9-10,14,16H,3-8,11H2,1-2H3. The van der Waals surface area contributed by atoms with E-state index in [4.69, 9.17) is 4.52 Å². The van der Waals surface area contributed by atoms with Gasteiger partial charge in [-0.25, -0.2) is 9.97 Å². The van der Waals surface area contributed by atoms with Gasteiger partial charge in [-0.15, -0.1) is 0 Å². The van der Waals surface area contributed by atoms with Gasteiger partial charge in [-0.05, 0) is 26.2 Å². The summed E-state index contributed by atoms with van der Waals surface area (Å²) < 4.78 is 5.28. The highest BCUT2D eigenvalue weighted by atomic mass is 16.5. The normalized spacial score (nSPS) is 19.1. The predicted molar refractivity (Wildman–Crippen MR) is 98.4 cm³/mol. The van der Waals surface area contributed by atoms with Crippen LogP contribution < -0.4 is 0 Å². The average molecular weight is 384 g/mol. The quantitative estimate of drug-likeness (QED) is 0.740. The summed E-state index contributed by atoms with van der Waals surface area (Å²) in [6.07, 6.45) is 6.62. The zero-order valence-electron chi connectivity index (χ0n) is 16.2. The van der Waals surface area contributed by atoms with E-state index in [1.807, 2.05) is 4.90 Å². The molecule has 3 heterocycles. The van der Waals surface area contributed by atoms with Crippen LogP contribution in [0.2, 0.25) is 0 Å². The maximum atomic E-state index is 12.7. The maximum Gasteiger partial charge on any atom is 0.257 e. The summed E-state index contributed by atoms with van der Waals surface area (Å²) in [6, 6.07) is -0.0115. The molecule has 1 atom stereocenters. The first-order valence-corrected chi connectivity index (χ1v) is 9.69. The molecule has 2 aromatic rings. The lowest BCUT2D eigenvalue weighted by atomic mass is 10.2. The molecule has 0 radical (unpaired) electrons. The third kappa shape index (κ3) is 4.02. The van der Waals surface area contributed by atoms with Gasteiger partial charge in [-0.3, -0.25) is 9.59 Å². The van der Waals surface area contributed by atoms with Gasteiger partial charge in [0.2, 0.25) is 11.8 Å². The zero-order chi connectivity index (χ0) is 19.7. The van der Waals surface area contributed by atoms with E-state index in [0.29, 0.717) is 55.1 Å². The highest BCUT2D eigenvalue weighted by molar-refractivity contribution is 5.93. The van der Waals surface area contributed by atoms with Crippen molar-refractivity contribution in [1.82, 2.24) is 29.9 Å². The first kappa shape index (κ1) is 18.5. The Kier molecular flexibility index (Phi) is 5.06. The molecule has 28 heavy (non-hydrogen) atoms. The van der Waals surface area contributed by atoms with Gasteiger partial charge in [0.05, 0.1) is 11.6 Å². The van der Waals surface area contributed by atoms with Crippen LogP contribution in [0.4, 0.5) is 0 Å². The maximum absolute atomic E-state index is 12.7. The molecule has 1 aliphatic heterocycles. The molecule has 2 fully saturated rings. The van der Waals surface area contributed by atoms with Gasteiger partial charge in [-0.2, -0.15) is 4.98 Å². The Balaban J connectivity index is 1.36. The Morgan fingerprint density at radius 1 is 1.25 bits per heavy atom. The summed E-state index contributed by atoms with van der Waals surface area (Å²) in [5, 5.41) is 4.02. The van der Waals surface area contributed by atoms with Crippen LogP contribution in [0.1, 0.15) is 60.0 Å². The second-order valence-electron chi connectivity index (χ2n) is 7.50. The van der Waals surface area contributed by atoms with Gasteiger partial charge in [-0.1, -0.05) is 5.16 Å². The number of carbonyl (C=O) groups excluding carboxylic acids is 2. The molecule has 0 aromatic carbocycles. The van der Waals surface area contributed by atoms with E-state index in [1.54, 1.807) is 31.1 Å². The van der Waals surface area contributed by atoms with Crippen molar-refractivity contribution < 1.29 is 14.1 Å². The molecule has 2 aliphatic rings. The third-order valence-corrected chi connectivity index (χ3v) is 5.31. The summed E-state index contributed by atoms with van der Waals surface area (Å²) in [5.41, 5.74) is 0.472. The van der Waals surface area contributed by atoms with Crippen molar-refractivity contribution >= 4 is 11.8 Å². The lowest BCUT2D eigenvalue weighted by molar-refractivity contribution is -0.130. The number of hydrogen-bond acceptors (Lipinski definition) is 7. The molecule has 148 valence electrons. The van der Waals surface area contributed by atoms with E-state index in [1.165, 1.54) is 0 Å². The molecule has 2 amide bonds. The van der Waals surface area contributed by atoms with Crippen LogP contribution in [-0.4, -0.2) is 67.4 Å². The first-order valence-electron chi connectivity index (χ1n) is 9.69. The number of amides is 2. The van der Waals surface area contributed by atoms with Crippen LogP contribution in [-0.2, 0) is 11.2 Å². The lowest BCUT2D eigenvalue weighted by Crippen LogP contribution is -2.42. The van der Waals surface area contributed by atoms with E-state index in [-0.39, 0.29) is 17.9 Å². The number of hydrogen-bond donors (Lipinski definition) is 0. The first-order chi connectivity index (χ1) is 13.5. The Morgan fingerprint density at radius 2 is 2.00 bits per heavy atom. The Labute approximate surface area is 163 Å². The van der Waals surface area contributed by atoms with Crippen LogP contribution in [0.25, 0.3) is 0 Å². The third-order valence-electron chi connectivity index (χ3n) is 5.31. The van der Waals surface area contributed by atoms with Gasteiger partial charge < -0.3 is 14.3 Å². The Bertz CT molecular complexity index is 861. The largest absolute Gasteiger partial charge is 0.339 e. The molecule has 0 spiro atoms. The van der Waals surface area contributed by atoms with Gasteiger partial charge in [0.1, 0.15) is 5.82 Å². The Morgan fingerprint density at radius 3 is 2.68 bits per heavy atom. The summed E-state index contributed by atoms with van der Waals surface area (Å²) in [5.74, 6) is 2.29. The fourth-order valence-corrected chi connectivity index (χ4v) is 3.55. The molecular formula is C19H24N6O3. The molecule has 1 aliphatic carbocycles. The number of likely N-dealkylation sites (tertiary alicyclic amines) is 1. The molecule has 2 aromatic heterocycles. The van der Waals surface area contributed by atoms with E-state index >= 15 is 0 Å². The molecule has 1 saturated carbocycles. The number of aromatic nitrogens is 4. The van der Waals surface area contributed by atoms with Crippen LogP contribution in [0.5, 0.6) is 0 Å². The minimum Gasteiger partial charge on any atom is -0.339 e. The van der Waals surface area contributed by atoms with Crippen molar-refractivity contribution in [3.8, 4) is 0 Å². The number of nitrogens with zero attached hydrogens (tertiary/aromatic N) is 6. The molecule has 0 bridgehead atoms. The zero-order valence-corrected chi connectivity index (χ0v) is 16.2. The molecular weight excluding hydrogens is 360 g/mol. The molecule has 1 saturated heterocycles. The predicted octanol–water partition coefficient (Wildman–Crippen LogP) is 1.35. The smallest absolute Gasteiger partial charge is 0.257 e. The van der Waals surface area contributed by atoms with E-state index in [0.717, 1.165) is 19.3 Å². The van der Waals surface area contributed by atoms with E-state index < -0.39 is 0 Å². The van der Waals surface area contributed by atoms with Crippen molar-refractivity contribution in [3.63, 3.8) is 0 Å². The number of aryl methyl sites for hydroxylation is 1. The highest BCUT2D eigenvalue weighted by Gasteiger charge is 2.33. The van der Waals surface area contributed by atoms with Crippen molar-refractivity contribution in [2.24, 2.45) is 0 Å². The van der Waals surface area contributed by atoms with Gasteiger partial charge >= 0.3 is 0 Å². The van der Waals surface area contributed by atoms with E-state index in [9.17, 15) is 9.59 Å².